The molecule has 7 heteroatoms. The van der Waals surface area contributed by atoms with Gasteiger partial charge in [-0.15, -0.1) is 11.3 Å². The van der Waals surface area contributed by atoms with Crippen LogP contribution in [0.4, 0.5) is 0 Å². The molecule has 6 nitrogen and oxygen atoms in total. The highest BCUT2D eigenvalue weighted by molar-refractivity contribution is 7.12. The number of ether oxygens (including phenoxy) is 2. The SMILES string of the molecule is CN1CCN(C(CNC(=O)c2cccs2)c2ccc3c(c2)OCO3)CC1. The number of rotatable bonds is 5. The van der Waals surface area contributed by atoms with E-state index in [0.29, 0.717) is 6.54 Å². The number of likely N-dealkylation sites (N-methyl/N-ethyl adjacent to an activating group) is 1. The smallest absolute Gasteiger partial charge is 0.261 e. The third kappa shape index (κ3) is 3.70. The molecule has 2 aliphatic rings. The second-order valence-corrected chi connectivity index (χ2v) is 7.60. The van der Waals surface area contributed by atoms with Crippen molar-refractivity contribution in [1.82, 2.24) is 15.1 Å². The number of hydrogen-bond acceptors (Lipinski definition) is 6. The van der Waals surface area contributed by atoms with Gasteiger partial charge in [-0.25, -0.2) is 0 Å². The van der Waals surface area contributed by atoms with E-state index in [4.69, 9.17) is 9.47 Å². The van der Waals surface area contributed by atoms with Gasteiger partial charge in [0.25, 0.3) is 5.91 Å². The molecule has 0 radical (unpaired) electrons. The number of nitrogens with zero attached hydrogens (tertiary/aromatic N) is 2. The van der Waals surface area contributed by atoms with E-state index in [-0.39, 0.29) is 18.7 Å². The van der Waals surface area contributed by atoms with Gasteiger partial charge in [0, 0.05) is 32.7 Å². The molecule has 2 aromatic rings. The molecule has 138 valence electrons. The summed E-state index contributed by atoms with van der Waals surface area (Å²) in [5.41, 5.74) is 1.14. The molecule has 4 rings (SSSR count). The predicted molar refractivity (Wildman–Crippen MR) is 101 cm³/mol. The van der Waals surface area contributed by atoms with Crippen LogP contribution in [0.15, 0.2) is 35.7 Å². The zero-order valence-corrected chi connectivity index (χ0v) is 15.6. The average Bonchev–Trinajstić information content (AvgIpc) is 3.34. The van der Waals surface area contributed by atoms with E-state index in [9.17, 15) is 4.79 Å². The second-order valence-electron chi connectivity index (χ2n) is 6.66. The monoisotopic (exact) mass is 373 g/mol. The fraction of sp³-hybridized carbons (Fsp3) is 0.421. The van der Waals surface area contributed by atoms with Crippen LogP contribution < -0.4 is 14.8 Å². The molecule has 1 aromatic heterocycles. The molecule has 3 heterocycles. The van der Waals surface area contributed by atoms with Gasteiger partial charge < -0.3 is 19.7 Å². The van der Waals surface area contributed by atoms with Crippen LogP contribution in [0.2, 0.25) is 0 Å². The third-order valence-electron chi connectivity index (χ3n) is 4.96. The van der Waals surface area contributed by atoms with Gasteiger partial charge in [-0.05, 0) is 36.2 Å². The predicted octanol–water partition coefficient (Wildman–Crippen LogP) is 2.20. The van der Waals surface area contributed by atoms with Gasteiger partial charge in [0.05, 0.1) is 10.9 Å². The zero-order valence-electron chi connectivity index (χ0n) is 14.8. The molecule has 1 N–H and O–H groups in total. The summed E-state index contributed by atoms with van der Waals surface area (Å²) in [4.78, 5) is 17.9. The highest BCUT2D eigenvalue weighted by Crippen LogP contribution is 2.35. The number of amides is 1. The number of thiophene rings is 1. The first kappa shape index (κ1) is 17.3. The fourth-order valence-electron chi connectivity index (χ4n) is 3.40. The summed E-state index contributed by atoms with van der Waals surface area (Å²) in [7, 11) is 2.14. The van der Waals surface area contributed by atoms with E-state index in [1.807, 2.05) is 29.6 Å². The van der Waals surface area contributed by atoms with Crippen LogP contribution in [0.5, 0.6) is 11.5 Å². The molecule has 1 saturated heterocycles. The number of carbonyl (C=O) groups is 1. The van der Waals surface area contributed by atoms with Crippen LogP contribution in [0, 0.1) is 0 Å². The van der Waals surface area contributed by atoms with Gasteiger partial charge in [-0.3, -0.25) is 9.69 Å². The third-order valence-corrected chi connectivity index (χ3v) is 5.83. The lowest BCUT2D eigenvalue weighted by Gasteiger charge is -2.38. The van der Waals surface area contributed by atoms with Crippen molar-refractivity contribution in [2.75, 3.05) is 46.6 Å². The lowest BCUT2D eigenvalue weighted by atomic mass is 10.0. The van der Waals surface area contributed by atoms with Crippen molar-refractivity contribution in [1.29, 1.82) is 0 Å². The summed E-state index contributed by atoms with van der Waals surface area (Å²) in [5, 5.41) is 5.03. The van der Waals surface area contributed by atoms with Gasteiger partial charge in [-0.2, -0.15) is 0 Å². The number of fused-ring (bicyclic) bond motifs is 1. The summed E-state index contributed by atoms with van der Waals surface area (Å²) in [6.45, 7) is 4.85. The number of benzene rings is 1. The molecule has 2 aliphatic heterocycles. The van der Waals surface area contributed by atoms with Crippen LogP contribution in [-0.2, 0) is 0 Å². The standard InChI is InChI=1S/C19H23N3O3S/c1-21-6-8-22(9-7-21)15(12-20-19(23)18-3-2-10-26-18)14-4-5-16-17(11-14)25-13-24-16/h2-5,10-11,15H,6-9,12-13H2,1H3,(H,20,23). The van der Waals surface area contributed by atoms with Crippen LogP contribution in [0.1, 0.15) is 21.3 Å². The summed E-state index contributed by atoms with van der Waals surface area (Å²) in [6.07, 6.45) is 0. The average molecular weight is 373 g/mol. The molecule has 1 unspecified atom stereocenters. The Hall–Kier alpha value is -2.09. The number of piperazine rings is 1. The molecule has 1 atom stereocenters. The Balaban J connectivity index is 1.52. The number of carbonyl (C=O) groups excluding carboxylic acids is 1. The van der Waals surface area contributed by atoms with Crippen molar-refractivity contribution in [2.45, 2.75) is 6.04 Å². The summed E-state index contributed by atoms with van der Waals surface area (Å²) < 4.78 is 11.0. The van der Waals surface area contributed by atoms with Crippen LogP contribution in [0.25, 0.3) is 0 Å². The van der Waals surface area contributed by atoms with Gasteiger partial charge in [0.15, 0.2) is 11.5 Å². The molecule has 1 fully saturated rings. The van der Waals surface area contributed by atoms with E-state index < -0.39 is 0 Å². The number of nitrogens with one attached hydrogen (secondary N) is 1. The fourth-order valence-corrected chi connectivity index (χ4v) is 4.04. The maximum absolute atomic E-state index is 12.4. The molecular formula is C19H23N3O3S. The molecule has 0 spiro atoms. The van der Waals surface area contributed by atoms with Gasteiger partial charge in [0.1, 0.15) is 0 Å². The minimum Gasteiger partial charge on any atom is -0.454 e. The van der Waals surface area contributed by atoms with Crippen molar-refractivity contribution in [2.24, 2.45) is 0 Å². The van der Waals surface area contributed by atoms with Crippen LogP contribution in [0.3, 0.4) is 0 Å². The molecule has 0 saturated carbocycles. The quantitative estimate of drug-likeness (QED) is 0.871. The topological polar surface area (TPSA) is 54.0 Å². The van der Waals surface area contributed by atoms with E-state index in [0.717, 1.165) is 48.1 Å². The van der Waals surface area contributed by atoms with Crippen molar-refractivity contribution < 1.29 is 14.3 Å². The van der Waals surface area contributed by atoms with Crippen LogP contribution >= 0.6 is 11.3 Å². The highest BCUT2D eigenvalue weighted by atomic mass is 32.1. The molecule has 1 aromatic carbocycles. The van der Waals surface area contributed by atoms with Crippen molar-refractivity contribution in [3.05, 3.63) is 46.2 Å². The Kier molecular flexibility index (Phi) is 5.10. The molecule has 0 bridgehead atoms. The first-order valence-corrected chi connectivity index (χ1v) is 9.72. The van der Waals surface area contributed by atoms with Crippen molar-refractivity contribution in [3.63, 3.8) is 0 Å². The Morgan fingerprint density at radius 3 is 2.77 bits per heavy atom. The van der Waals surface area contributed by atoms with E-state index >= 15 is 0 Å². The summed E-state index contributed by atoms with van der Waals surface area (Å²) >= 11 is 1.46. The van der Waals surface area contributed by atoms with E-state index in [1.165, 1.54) is 11.3 Å². The summed E-state index contributed by atoms with van der Waals surface area (Å²) in [6, 6.07) is 9.95. The Morgan fingerprint density at radius 1 is 1.19 bits per heavy atom. The van der Waals surface area contributed by atoms with Gasteiger partial charge in [-0.1, -0.05) is 12.1 Å². The summed E-state index contributed by atoms with van der Waals surface area (Å²) in [5.74, 6) is 1.56. The lowest BCUT2D eigenvalue weighted by Crippen LogP contribution is -2.48. The van der Waals surface area contributed by atoms with E-state index in [1.54, 1.807) is 0 Å². The molecule has 0 aliphatic carbocycles. The maximum Gasteiger partial charge on any atom is 0.261 e. The lowest BCUT2D eigenvalue weighted by molar-refractivity contribution is 0.0889. The normalized spacial score (nSPS) is 18.7. The molecule has 26 heavy (non-hydrogen) atoms. The Labute approximate surface area is 157 Å². The largest absolute Gasteiger partial charge is 0.454 e. The molecular weight excluding hydrogens is 350 g/mol. The first-order chi connectivity index (χ1) is 12.7. The van der Waals surface area contributed by atoms with Crippen molar-refractivity contribution >= 4 is 17.2 Å². The van der Waals surface area contributed by atoms with Crippen molar-refractivity contribution in [3.8, 4) is 11.5 Å². The maximum atomic E-state index is 12.4. The Bertz CT molecular complexity index is 757. The second kappa shape index (κ2) is 7.65. The highest BCUT2D eigenvalue weighted by Gasteiger charge is 2.26. The Morgan fingerprint density at radius 2 is 2.00 bits per heavy atom. The minimum atomic E-state index is -0.0140. The first-order valence-electron chi connectivity index (χ1n) is 8.84. The zero-order chi connectivity index (χ0) is 17.9. The number of hydrogen-bond donors (Lipinski definition) is 1. The van der Waals surface area contributed by atoms with Gasteiger partial charge in [0.2, 0.25) is 6.79 Å². The van der Waals surface area contributed by atoms with Gasteiger partial charge >= 0.3 is 0 Å². The minimum absolute atomic E-state index is 0.0140. The molecule has 1 amide bonds. The van der Waals surface area contributed by atoms with E-state index in [2.05, 4.69) is 28.2 Å². The van der Waals surface area contributed by atoms with Crippen LogP contribution in [-0.4, -0.2) is 62.3 Å².